The van der Waals surface area contributed by atoms with E-state index < -0.39 is 5.60 Å². The first kappa shape index (κ1) is 9.06. The zero-order valence-electron chi connectivity index (χ0n) is 7.70. The minimum atomic E-state index is -0.685. The Kier molecular flexibility index (Phi) is 2.38. The molecule has 2 N–H and O–H groups in total. The predicted octanol–water partition coefficient (Wildman–Crippen LogP) is 0.603. The van der Waals surface area contributed by atoms with Gasteiger partial charge in [0.05, 0.1) is 17.5 Å². The third-order valence-electron chi connectivity index (χ3n) is 1.43. The summed E-state index contributed by atoms with van der Waals surface area (Å²) in [6.07, 6.45) is 3.59. The van der Waals surface area contributed by atoms with E-state index in [2.05, 4.69) is 10.4 Å². The van der Waals surface area contributed by atoms with Crippen LogP contribution in [0.1, 0.15) is 13.8 Å². The molecule has 0 saturated carbocycles. The smallest absolute Gasteiger partial charge is 0.0763 e. The number of nitrogens with zero attached hydrogens (tertiary/aromatic N) is 2. The van der Waals surface area contributed by atoms with E-state index in [1.807, 2.05) is 13.2 Å². The number of hydrogen-bond donors (Lipinski definition) is 2. The van der Waals surface area contributed by atoms with Gasteiger partial charge in [-0.05, 0) is 13.8 Å². The predicted molar refractivity (Wildman–Crippen MR) is 48.0 cm³/mol. The van der Waals surface area contributed by atoms with Crippen LogP contribution in [-0.2, 0) is 7.05 Å². The van der Waals surface area contributed by atoms with Crippen molar-refractivity contribution in [3.05, 3.63) is 12.4 Å². The van der Waals surface area contributed by atoms with Crippen molar-refractivity contribution < 1.29 is 5.11 Å². The molecule has 0 aliphatic rings. The van der Waals surface area contributed by atoms with Crippen molar-refractivity contribution in [2.75, 3.05) is 11.9 Å². The molecule has 12 heavy (non-hydrogen) atoms. The van der Waals surface area contributed by atoms with Gasteiger partial charge in [-0.15, -0.1) is 0 Å². The molecule has 0 radical (unpaired) electrons. The number of aryl methyl sites for hydroxylation is 1. The van der Waals surface area contributed by atoms with Crippen LogP contribution in [0.2, 0.25) is 0 Å². The van der Waals surface area contributed by atoms with Crippen LogP contribution in [0, 0.1) is 0 Å². The highest BCUT2D eigenvalue weighted by molar-refractivity contribution is 5.38. The summed E-state index contributed by atoms with van der Waals surface area (Å²) in [5.74, 6) is 0. The monoisotopic (exact) mass is 169 g/mol. The van der Waals surface area contributed by atoms with Gasteiger partial charge in [-0.3, -0.25) is 4.68 Å². The first-order valence-electron chi connectivity index (χ1n) is 3.92. The summed E-state index contributed by atoms with van der Waals surface area (Å²) in [6.45, 7) is 4.05. The fourth-order valence-electron chi connectivity index (χ4n) is 0.831. The van der Waals surface area contributed by atoms with Gasteiger partial charge in [0.25, 0.3) is 0 Å². The first-order chi connectivity index (χ1) is 5.47. The van der Waals surface area contributed by atoms with Crippen molar-refractivity contribution >= 4 is 5.69 Å². The summed E-state index contributed by atoms with van der Waals surface area (Å²) < 4.78 is 1.71. The Bertz CT molecular complexity index is 249. The molecular formula is C8H15N3O. The van der Waals surface area contributed by atoms with Crippen LogP contribution in [0.3, 0.4) is 0 Å². The summed E-state index contributed by atoms with van der Waals surface area (Å²) in [4.78, 5) is 0. The molecule has 0 atom stereocenters. The maximum atomic E-state index is 9.40. The lowest BCUT2D eigenvalue weighted by Gasteiger charge is -2.17. The Morgan fingerprint density at radius 2 is 2.33 bits per heavy atom. The molecule has 0 spiro atoms. The van der Waals surface area contributed by atoms with E-state index in [0.29, 0.717) is 6.54 Å². The van der Waals surface area contributed by atoms with Crippen molar-refractivity contribution in [1.82, 2.24) is 9.78 Å². The van der Waals surface area contributed by atoms with Crippen LogP contribution >= 0.6 is 0 Å². The van der Waals surface area contributed by atoms with Crippen LogP contribution in [-0.4, -0.2) is 27.0 Å². The van der Waals surface area contributed by atoms with E-state index in [1.54, 1.807) is 24.7 Å². The summed E-state index contributed by atoms with van der Waals surface area (Å²) >= 11 is 0. The second-order valence-corrected chi connectivity index (χ2v) is 3.57. The average Bonchev–Trinajstić information content (AvgIpc) is 2.30. The molecule has 0 amide bonds. The number of hydrogen-bond acceptors (Lipinski definition) is 3. The number of anilines is 1. The van der Waals surface area contributed by atoms with Crippen molar-refractivity contribution in [1.29, 1.82) is 0 Å². The van der Waals surface area contributed by atoms with Gasteiger partial charge in [0.15, 0.2) is 0 Å². The number of rotatable bonds is 3. The van der Waals surface area contributed by atoms with Gasteiger partial charge >= 0.3 is 0 Å². The minimum absolute atomic E-state index is 0.526. The third-order valence-corrected chi connectivity index (χ3v) is 1.43. The van der Waals surface area contributed by atoms with Gasteiger partial charge in [0, 0.05) is 19.8 Å². The first-order valence-corrected chi connectivity index (χ1v) is 3.92. The molecule has 1 aromatic rings. The van der Waals surface area contributed by atoms with Crippen LogP contribution in [0.25, 0.3) is 0 Å². The molecule has 4 heteroatoms. The number of aromatic nitrogens is 2. The van der Waals surface area contributed by atoms with E-state index in [0.717, 1.165) is 5.69 Å². The topological polar surface area (TPSA) is 50.1 Å². The third kappa shape index (κ3) is 2.92. The summed E-state index contributed by atoms with van der Waals surface area (Å²) in [7, 11) is 1.86. The van der Waals surface area contributed by atoms with Gasteiger partial charge in [-0.25, -0.2) is 0 Å². The van der Waals surface area contributed by atoms with Crippen molar-refractivity contribution in [3.63, 3.8) is 0 Å². The molecule has 1 rings (SSSR count). The van der Waals surface area contributed by atoms with E-state index in [9.17, 15) is 5.11 Å². The summed E-state index contributed by atoms with van der Waals surface area (Å²) in [6, 6.07) is 0. The second-order valence-electron chi connectivity index (χ2n) is 3.57. The molecule has 0 aliphatic heterocycles. The summed E-state index contributed by atoms with van der Waals surface area (Å²) in [5, 5.41) is 16.5. The average molecular weight is 169 g/mol. The molecule has 4 nitrogen and oxygen atoms in total. The lowest BCUT2D eigenvalue weighted by molar-refractivity contribution is 0.0945. The van der Waals surface area contributed by atoms with Gasteiger partial charge in [0.2, 0.25) is 0 Å². The van der Waals surface area contributed by atoms with Gasteiger partial charge in [-0.1, -0.05) is 0 Å². The normalized spacial score (nSPS) is 11.7. The highest BCUT2D eigenvalue weighted by atomic mass is 16.3. The highest BCUT2D eigenvalue weighted by Gasteiger charge is 2.11. The zero-order chi connectivity index (χ0) is 9.19. The fourth-order valence-corrected chi connectivity index (χ4v) is 0.831. The van der Waals surface area contributed by atoms with Crippen molar-refractivity contribution in [3.8, 4) is 0 Å². The van der Waals surface area contributed by atoms with E-state index in [-0.39, 0.29) is 0 Å². The minimum Gasteiger partial charge on any atom is -0.389 e. The molecule has 0 saturated heterocycles. The molecular weight excluding hydrogens is 154 g/mol. The van der Waals surface area contributed by atoms with Crippen molar-refractivity contribution in [2.45, 2.75) is 19.4 Å². The SMILES string of the molecule is Cn1cc(NCC(C)(C)O)cn1. The lowest BCUT2D eigenvalue weighted by atomic mass is 10.1. The van der Waals surface area contributed by atoms with Crippen LogP contribution in [0.15, 0.2) is 12.4 Å². The second kappa shape index (κ2) is 3.15. The van der Waals surface area contributed by atoms with E-state index in [4.69, 9.17) is 0 Å². The Balaban J connectivity index is 2.44. The maximum absolute atomic E-state index is 9.40. The van der Waals surface area contributed by atoms with Gasteiger partial charge < -0.3 is 10.4 Å². The Hall–Kier alpha value is -1.03. The fraction of sp³-hybridized carbons (Fsp3) is 0.625. The quantitative estimate of drug-likeness (QED) is 0.696. The molecule has 0 aliphatic carbocycles. The van der Waals surface area contributed by atoms with Gasteiger partial charge in [-0.2, -0.15) is 5.10 Å². The van der Waals surface area contributed by atoms with Gasteiger partial charge in [0.1, 0.15) is 0 Å². The zero-order valence-corrected chi connectivity index (χ0v) is 7.70. The molecule has 0 bridgehead atoms. The maximum Gasteiger partial charge on any atom is 0.0763 e. The van der Waals surface area contributed by atoms with E-state index in [1.165, 1.54) is 0 Å². The molecule has 0 fully saturated rings. The largest absolute Gasteiger partial charge is 0.389 e. The Morgan fingerprint density at radius 1 is 1.67 bits per heavy atom. The standard InChI is InChI=1S/C8H15N3O/c1-8(2,12)6-9-7-4-10-11(3)5-7/h4-5,9,12H,6H2,1-3H3. The Morgan fingerprint density at radius 3 is 2.75 bits per heavy atom. The number of aliphatic hydroxyl groups is 1. The lowest BCUT2D eigenvalue weighted by Crippen LogP contribution is -2.29. The molecule has 0 aromatic carbocycles. The van der Waals surface area contributed by atoms with Crippen LogP contribution in [0.5, 0.6) is 0 Å². The molecule has 0 unspecified atom stereocenters. The summed E-state index contributed by atoms with van der Waals surface area (Å²) in [5.41, 5.74) is 0.246. The van der Waals surface area contributed by atoms with E-state index >= 15 is 0 Å². The molecule has 1 aromatic heterocycles. The number of nitrogens with one attached hydrogen (secondary N) is 1. The Labute approximate surface area is 72.2 Å². The van der Waals surface area contributed by atoms with Crippen molar-refractivity contribution in [2.24, 2.45) is 7.05 Å². The highest BCUT2D eigenvalue weighted by Crippen LogP contribution is 2.06. The van der Waals surface area contributed by atoms with Crippen LogP contribution < -0.4 is 5.32 Å². The molecule has 1 heterocycles. The van der Waals surface area contributed by atoms with Crippen LogP contribution in [0.4, 0.5) is 5.69 Å². The molecule has 68 valence electrons.